The molecule has 27 heavy (non-hydrogen) atoms. The number of carbonyl (C=O) groups is 2. The van der Waals surface area contributed by atoms with Crippen molar-refractivity contribution in [1.29, 1.82) is 0 Å². The van der Waals surface area contributed by atoms with Crippen molar-refractivity contribution >= 4 is 11.8 Å². The Balaban J connectivity index is 1.64. The first kappa shape index (κ1) is 19.2. The molecule has 1 aliphatic heterocycles. The van der Waals surface area contributed by atoms with Crippen molar-refractivity contribution in [3.8, 4) is 11.1 Å². The highest BCUT2D eigenvalue weighted by Crippen LogP contribution is 2.22. The first-order valence-electron chi connectivity index (χ1n) is 9.78. The molecule has 1 unspecified atom stereocenters. The van der Waals surface area contributed by atoms with Crippen molar-refractivity contribution in [3.05, 3.63) is 59.7 Å². The number of nitrogens with zero attached hydrogens (tertiary/aromatic N) is 1. The smallest absolute Gasteiger partial charge is 0.253 e. The second kappa shape index (κ2) is 8.85. The predicted molar refractivity (Wildman–Crippen MR) is 109 cm³/mol. The lowest BCUT2D eigenvalue weighted by Crippen LogP contribution is -2.35. The maximum atomic E-state index is 12.6. The molecule has 2 aromatic carbocycles. The van der Waals surface area contributed by atoms with E-state index >= 15 is 0 Å². The van der Waals surface area contributed by atoms with Gasteiger partial charge in [0.2, 0.25) is 5.91 Å². The lowest BCUT2D eigenvalue weighted by molar-refractivity contribution is -0.119. The van der Waals surface area contributed by atoms with Crippen LogP contribution in [-0.2, 0) is 11.2 Å². The molecule has 2 amide bonds. The van der Waals surface area contributed by atoms with E-state index in [-0.39, 0.29) is 17.9 Å². The molecule has 0 aliphatic carbocycles. The quantitative estimate of drug-likeness (QED) is 0.870. The van der Waals surface area contributed by atoms with Gasteiger partial charge in [-0.15, -0.1) is 0 Å². The summed E-state index contributed by atoms with van der Waals surface area (Å²) in [7, 11) is 0. The molecule has 1 N–H and O–H groups in total. The SMILES string of the molecule is CC(=O)NC(C)Cc1ccc(-c2ccc(C(=O)N3CCCCC3)cc2)cc1. The predicted octanol–water partition coefficient (Wildman–Crippen LogP) is 4.05. The summed E-state index contributed by atoms with van der Waals surface area (Å²) < 4.78 is 0. The second-order valence-electron chi connectivity index (χ2n) is 7.43. The summed E-state index contributed by atoms with van der Waals surface area (Å²) in [6.07, 6.45) is 4.25. The summed E-state index contributed by atoms with van der Waals surface area (Å²) in [5.74, 6) is 0.141. The number of hydrogen-bond donors (Lipinski definition) is 1. The van der Waals surface area contributed by atoms with E-state index in [2.05, 4.69) is 29.6 Å². The summed E-state index contributed by atoms with van der Waals surface area (Å²) in [6.45, 7) is 5.30. The summed E-state index contributed by atoms with van der Waals surface area (Å²) in [5.41, 5.74) is 4.19. The highest BCUT2D eigenvalue weighted by Gasteiger charge is 2.17. The molecule has 0 spiro atoms. The Bertz CT molecular complexity index is 775. The van der Waals surface area contributed by atoms with Crippen LogP contribution < -0.4 is 5.32 Å². The number of rotatable bonds is 5. The molecule has 1 heterocycles. The monoisotopic (exact) mass is 364 g/mol. The van der Waals surface area contributed by atoms with E-state index in [1.807, 2.05) is 36.1 Å². The number of likely N-dealkylation sites (tertiary alicyclic amines) is 1. The zero-order valence-corrected chi connectivity index (χ0v) is 16.2. The van der Waals surface area contributed by atoms with Crippen LogP contribution >= 0.6 is 0 Å². The Kier molecular flexibility index (Phi) is 6.28. The van der Waals surface area contributed by atoms with Gasteiger partial charge in [-0.2, -0.15) is 0 Å². The molecule has 1 fully saturated rings. The van der Waals surface area contributed by atoms with Crippen molar-refractivity contribution in [1.82, 2.24) is 10.2 Å². The highest BCUT2D eigenvalue weighted by molar-refractivity contribution is 5.94. The van der Waals surface area contributed by atoms with Crippen LogP contribution in [0.4, 0.5) is 0 Å². The Labute approximate surface area is 161 Å². The molecule has 1 aliphatic rings. The maximum absolute atomic E-state index is 12.6. The van der Waals surface area contributed by atoms with Crippen molar-refractivity contribution in [2.75, 3.05) is 13.1 Å². The molecule has 0 aromatic heterocycles. The van der Waals surface area contributed by atoms with E-state index in [0.29, 0.717) is 0 Å². The molecule has 0 radical (unpaired) electrons. The molecule has 1 saturated heterocycles. The van der Waals surface area contributed by atoms with Crippen LogP contribution in [0.1, 0.15) is 49.0 Å². The van der Waals surface area contributed by atoms with Gasteiger partial charge in [0, 0.05) is 31.6 Å². The average Bonchev–Trinajstić information content (AvgIpc) is 2.68. The minimum Gasteiger partial charge on any atom is -0.354 e. The van der Waals surface area contributed by atoms with Crippen LogP contribution in [-0.4, -0.2) is 35.8 Å². The Morgan fingerprint density at radius 1 is 0.926 bits per heavy atom. The van der Waals surface area contributed by atoms with Crippen LogP contribution in [0.25, 0.3) is 11.1 Å². The summed E-state index contributed by atoms with van der Waals surface area (Å²) in [4.78, 5) is 25.7. The van der Waals surface area contributed by atoms with Crippen LogP contribution in [0.5, 0.6) is 0 Å². The van der Waals surface area contributed by atoms with Crippen LogP contribution in [0, 0.1) is 0 Å². The van der Waals surface area contributed by atoms with Crippen molar-refractivity contribution in [3.63, 3.8) is 0 Å². The lowest BCUT2D eigenvalue weighted by atomic mass is 10.00. The van der Waals surface area contributed by atoms with Gasteiger partial charge in [-0.25, -0.2) is 0 Å². The largest absolute Gasteiger partial charge is 0.354 e. The van der Waals surface area contributed by atoms with Gasteiger partial charge in [0.25, 0.3) is 5.91 Å². The van der Waals surface area contributed by atoms with E-state index < -0.39 is 0 Å². The summed E-state index contributed by atoms with van der Waals surface area (Å²) >= 11 is 0. The topological polar surface area (TPSA) is 49.4 Å². The van der Waals surface area contributed by atoms with Gasteiger partial charge >= 0.3 is 0 Å². The number of nitrogens with one attached hydrogen (secondary N) is 1. The van der Waals surface area contributed by atoms with E-state index in [1.165, 1.54) is 12.0 Å². The molecule has 2 aromatic rings. The maximum Gasteiger partial charge on any atom is 0.253 e. The van der Waals surface area contributed by atoms with Gasteiger partial charge in [0.1, 0.15) is 0 Å². The molecule has 4 heteroatoms. The molecule has 1 atom stereocenters. The number of amides is 2. The Morgan fingerprint density at radius 3 is 2.04 bits per heavy atom. The minimum atomic E-state index is -0.00156. The molecule has 0 saturated carbocycles. The van der Waals surface area contributed by atoms with Crippen molar-refractivity contribution in [2.45, 2.75) is 45.6 Å². The average molecular weight is 364 g/mol. The first-order chi connectivity index (χ1) is 13.0. The third kappa shape index (κ3) is 5.19. The second-order valence-corrected chi connectivity index (χ2v) is 7.43. The minimum absolute atomic E-state index is 0.00156. The molecule has 142 valence electrons. The van der Waals surface area contributed by atoms with Crippen LogP contribution in [0.3, 0.4) is 0 Å². The van der Waals surface area contributed by atoms with Gasteiger partial charge < -0.3 is 10.2 Å². The highest BCUT2D eigenvalue weighted by atomic mass is 16.2. The Hall–Kier alpha value is -2.62. The summed E-state index contributed by atoms with van der Waals surface area (Å²) in [6, 6.07) is 16.4. The fourth-order valence-electron chi connectivity index (χ4n) is 3.67. The lowest BCUT2D eigenvalue weighted by Gasteiger charge is -2.26. The molecular formula is C23H28N2O2. The zero-order valence-electron chi connectivity index (χ0n) is 16.2. The van der Waals surface area contributed by atoms with Crippen LogP contribution in [0.2, 0.25) is 0 Å². The number of carbonyl (C=O) groups excluding carboxylic acids is 2. The zero-order chi connectivity index (χ0) is 19.2. The third-order valence-corrected chi connectivity index (χ3v) is 5.05. The van der Waals surface area contributed by atoms with Gasteiger partial charge in [-0.05, 0) is 61.4 Å². The molecule has 0 bridgehead atoms. The van der Waals surface area contributed by atoms with Crippen LogP contribution in [0.15, 0.2) is 48.5 Å². The molecule has 4 nitrogen and oxygen atoms in total. The van der Waals surface area contributed by atoms with E-state index in [4.69, 9.17) is 0 Å². The van der Waals surface area contributed by atoms with Crippen molar-refractivity contribution in [2.24, 2.45) is 0 Å². The van der Waals surface area contributed by atoms with Gasteiger partial charge in [-0.3, -0.25) is 9.59 Å². The number of piperidine rings is 1. The fraction of sp³-hybridized carbons (Fsp3) is 0.391. The summed E-state index contributed by atoms with van der Waals surface area (Å²) in [5, 5.41) is 2.91. The molecular weight excluding hydrogens is 336 g/mol. The third-order valence-electron chi connectivity index (χ3n) is 5.05. The number of benzene rings is 2. The normalized spacial score (nSPS) is 15.3. The van der Waals surface area contributed by atoms with E-state index in [0.717, 1.165) is 49.0 Å². The van der Waals surface area contributed by atoms with Crippen molar-refractivity contribution < 1.29 is 9.59 Å². The van der Waals surface area contributed by atoms with Gasteiger partial charge in [0.15, 0.2) is 0 Å². The van der Waals surface area contributed by atoms with E-state index in [9.17, 15) is 9.59 Å². The molecule has 3 rings (SSSR count). The van der Waals surface area contributed by atoms with Gasteiger partial charge in [-0.1, -0.05) is 36.4 Å². The standard InChI is InChI=1S/C23H28N2O2/c1-17(24-18(2)26)16-19-6-8-20(9-7-19)21-10-12-22(13-11-21)23(27)25-14-4-3-5-15-25/h6-13,17H,3-5,14-16H2,1-2H3,(H,24,26). The number of hydrogen-bond acceptors (Lipinski definition) is 2. The van der Waals surface area contributed by atoms with E-state index in [1.54, 1.807) is 6.92 Å². The van der Waals surface area contributed by atoms with Gasteiger partial charge in [0.05, 0.1) is 0 Å². The Morgan fingerprint density at radius 2 is 1.48 bits per heavy atom. The first-order valence-corrected chi connectivity index (χ1v) is 9.78. The fourth-order valence-corrected chi connectivity index (χ4v) is 3.67.